The number of rotatable bonds is 5. The minimum Gasteiger partial charge on any atom is -0.378 e. The van der Waals surface area contributed by atoms with E-state index in [9.17, 15) is 14.5 Å². The Morgan fingerprint density at radius 1 is 1.35 bits per heavy atom. The monoisotopic (exact) mass is 362 g/mol. The van der Waals surface area contributed by atoms with E-state index in [1.54, 1.807) is 12.1 Å². The van der Waals surface area contributed by atoms with Crippen LogP contribution in [-0.4, -0.2) is 47.6 Å². The van der Waals surface area contributed by atoms with Crippen molar-refractivity contribution in [3.8, 4) is 0 Å². The smallest absolute Gasteiger partial charge is 0.353 e. The van der Waals surface area contributed by atoms with Gasteiger partial charge in [0.1, 0.15) is 5.82 Å². The molecular weight excluding hydrogens is 341 g/mol. The topological polar surface area (TPSA) is 115 Å². The third-order valence-electron chi connectivity index (χ3n) is 4.47. The summed E-state index contributed by atoms with van der Waals surface area (Å²) in [5, 5.41) is 14.2. The SMILES string of the molecule is CC[NH+]1CCN(c2nc(Nc3ccccc3F)nc(N)c2[N+](=O)[O-])CC1. The molecule has 0 aliphatic carbocycles. The van der Waals surface area contributed by atoms with Crippen molar-refractivity contribution in [3.63, 3.8) is 0 Å². The Morgan fingerprint density at radius 3 is 2.65 bits per heavy atom. The number of benzene rings is 1. The summed E-state index contributed by atoms with van der Waals surface area (Å²) in [7, 11) is 0. The number of para-hydroxylation sites is 1. The average Bonchev–Trinajstić information content (AvgIpc) is 2.63. The number of likely N-dealkylation sites (N-methyl/N-ethyl adjacent to an activating group) is 1. The fraction of sp³-hybridized carbons (Fsp3) is 0.375. The minimum atomic E-state index is -0.573. The molecule has 2 aromatic rings. The fourth-order valence-electron chi connectivity index (χ4n) is 2.98. The summed E-state index contributed by atoms with van der Waals surface area (Å²) in [6, 6.07) is 6.05. The van der Waals surface area contributed by atoms with Crippen LogP contribution in [0.2, 0.25) is 0 Å². The van der Waals surface area contributed by atoms with Crippen LogP contribution in [0.1, 0.15) is 6.92 Å². The number of nitrogens with one attached hydrogen (secondary N) is 2. The minimum absolute atomic E-state index is 0.0264. The Bertz CT molecular complexity index is 809. The first kappa shape index (κ1) is 17.8. The highest BCUT2D eigenvalue weighted by atomic mass is 19.1. The molecule has 9 nitrogen and oxygen atoms in total. The molecule has 1 aliphatic heterocycles. The average molecular weight is 362 g/mol. The maximum absolute atomic E-state index is 13.8. The molecule has 26 heavy (non-hydrogen) atoms. The molecule has 0 amide bonds. The standard InChI is InChI=1S/C16H20FN7O2/c1-2-22-7-9-23(10-8-22)15-13(24(25)26)14(18)20-16(21-15)19-12-6-4-3-5-11(12)17/h3-6H,2,7-10H2,1H3,(H3,18,19,20,21)/p+1. The molecule has 0 atom stereocenters. The first-order chi connectivity index (χ1) is 12.5. The molecule has 1 saturated heterocycles. The Labute approximate surface area is 149 Å². The van der Waals surface area contributed by atoms with E-state index in [0.29, 0.717) is 13.1 Å². The lowest BCUT2D eigenvalue weighted by atomic mass is 10.3. The van der Waals surface area contributed by atoms with E-state index in [1.165, 1.54) is 17.0 Å². The molecule has 4 N–H and O–H groups in total. The van der Waals surface area contributed by atoms with Gasteiger partial charge in [-0.05, 0) is 19.1 Å². The van der Waals surface area contributed by atoms with Crippen molar-refractivity contribution in [3.05, 3.63) is 40.2 Å². The van der Waals surface area contributed by atoms with E-state index in [0.717, 1.165) is 19.6 Å². The molecule has 10 heteroatoms. The lowest BCUT2D eigenvalue weighted by Crippen LogP contribution is -3.14. The van der Waals surface area contributed by atoms with Gasteiger partial charge >= 0.3 is 5.69 Å². The van der Waals surface area contributed by atoms with Crippen molar-refractivity contribution in [2.24, 2.45) is 0 Å². The normalized spacial score (nSPS) is 15.1. The second kappa shape index (κ2) is 7.48. The number of hydrogen-bond donors (Lipinski definition) is 3. The predicted octanol–water partition coefficient (Wildman–Crippen LogP) is 0.575. The summed E-state index contributed by atoms with van der Waals surface area (Å²) >= 11 is 0. The highest BCUT2D eigenvalue weighted by Gasteiger charge is 2.30. The zero-order valence-electron chi connectivity index (χ0n) is 14.4. The number of nitrogens with two attached hydrogens (primary N) is 1. The molecule has 0 saturated carbocycles. The zero-order chi connectivity index (χ0) is 18.7. The summed E-state index contributed by atoms with van der Waals surface area (Å²) in [5.41, 5.74) is 5.67. The van der Waals surface area contributed by atoms with Gasteiger partial charge in [-0.2, -0.15) is 9.97 Å². The summed E-state index contributed by atoms with van der Waals surface area (Å²) in [5.74, 6) is -0.534. The van der Waals surface area contributed by atoms with Gasteiger partial charge in [0.25, 0.3) is 0 Å². The van der Waals surface area contributed by atoms with Crippen LogP contribution in [0, 0.1) is 15.9 Å². The van der Waals surface area contributed by atoms with Gasteiger partial charge in [0.15, 0.2) is 0 Å². The second-order valence-corrected chi connectivity index (χ2v) is 6.06. The van der Waals surface area contributed by atoms with E-state index < -0.39 is 10.7 Å². The molecule has 3 rings (SSSR count). The number of quaternary nitrogens is 1. The Hall–Kier alpha value is -3.01. The van der Waals surface area contributed by atoms with Crippen LogP contribution in [0.4, 0.5) is 33.3 Å². The van der Waals surface area contributed by atoms with E-state index in [1.807, 2.05) is 4.90 Å². The highest BCUT2D eigenvalue weighted by Crippen LogP contribution is 2.32. The highest BCUT2D eigenvalue weighted by molar-refractivity contribution is 5.72. The van der Waals surface area contributed by atoms with Crippen LogP contribution < -0.4 is 20.9 Å². The number of hydrogen-bond acceptors (Lipinski definition) is 7. The molecule has 0 radical (unpaired) electrons. The lowest BCUT2D eigenvalue weighted by Gasteiger charge is -2.32. The summed E-state index contributed by atoms with van der Waals surface area (Å²) in [6.45, 7) is 6.06. The van der Waals surface area contributed by atoms with Crippen LogP contribution in [0.15, 0.2) is 24.3 Å². The Morgan fingerprint density at radius 2 is 2.04 bits per heavy atom. The number of halogens is 1. The van der Waals surface area contributed by atoms with Crippen LogP contribution in [0.25, 0.3) is 0 Å². The summed E-state index contributed by atoms with van der Waals surface area (Å²) < 4.78 is 13.8. The number of aromatic nitrogens is 2. The van der Waals surface area contributed by atoms with E-state index in [2.05, 4.69) is 22.2 Å². The molecule has 1 fully saturated rings. The van der Waals surface area contributed by atoms with Crippen molar-refractivity contribution < 1.29 is 14.2 Å². The van der Waals surface area contributed by atoms with Gasteiger partial charge in [0, 0.05) is 0 Å². The van der Waals surface area contributed by atoms with Crippen molar-refractivity contribution in [1.82, 2.24) is 9.97 Å². The third-order valence-corrected chi connectivity index (χ3v) is 4.47. The number of nitro groups is 1. The van der Waals surface area contributed by atoms with Gasteiger partial charge < -0.3 is 20.9 Å². The van der Waals surface area contributed by atoms with E-state index >= 15 is 0 Å². The fourth-order valence-corrected chi connectivity index (χ4v) is 2.98. The second-order valence-electron chi connectivity index (χ2n) is 6.06. The number of nitrogens with zero attached hydrogens (tertiary/aromatic N) is 4. The number of anilines is 4. The lowest BCUT2D eigenvalue weighted by molar-refractivity contribution is -0.898. The molecule has 1 aliphatic rings. The first-order valence-electron chi connectivity index (χ1n) is 8.41. The Kier molecular flexibility index (Phi) is 5.12. The summed E-state index contributed by atoms with van der Waals surface area (Å²) in [6.07, 6.45) is 0. The molecule has 0 bridgehead atoms. The maximum Gasteiger partial charge on any atom is 0.353 e. The maximum atomic E-state index is 13.8. The number of nitrogen functional groups attached to an aromatic ring is 1. The predicted molar refractivity (Wildman–Crippen MR) is 96.2 cm³/mol. The van der Waals surface area contributed by atoms with Gasteiger partial charge in [0.05, 0.1) is 43.3 Å². The van der Waals surface area contributed by atoms with Crippen molar-refractivity contribution >= 4 is 29.0 Å². The van der Waals surface area contributed by atoms with Gasteiger partial charge in [-0.15, -0.1) is 0 Å². The van der Waals surface area contributed by atoms with Gasteiger partial charge in [-0.3, -0.25) is 10.1 Å². The quantitative estimate of drug-likeness (QED) is 0.526. The van der Waals surface area contributed by atoms with Crippen LogP contribution in [0.5, 0.6) is 0 Å². The van der Waals surface area contributed by atoms with Gasteiger partial charge in [-0.25, -0.2) is 4.39 Å². The van der Waals surface area contributed by atoms with E-state index in [4.69, 9.17) is 5.73 Å². The van der Waals surface area contributed by atoms with E-state index in [-0.39, 0.29) is 29.0 Å². The molecule has 138 valence electrons. The molecule has 0 unspecified atom stereocenters. The molecule has 2 heterocycles. The Balaban J connectivity index is 1.95. The van der Waals surface area contributed by atoms with Crippen molar-refractivity contribution in [2.45, 2.75) is 6.92 Å². The molecule has 1 aromatic carbocycles. The molecule has 0 spiro atoms. The van der Waals surface area contributed by atoms with Crippen molar-refractivity contribution in [2.75, 3.05) is 48.7 Å². The van der Waals surface area contributed by atoms with Gasteiger partial charge in [0.2, 0.25) is 17.6 Å². The van der Waals surface area contributed by atoms with Crippen molar-refractivity contribution in [1.29, 1.82) is 0 Å². The molecular formula is C16H21FN7O2+. The van der Waals surface area contributed by atoms with Gasteiger partial charge in [-0.1, -0.05) is 12.1 Å². The third kappa shape index (κ3) is 3.64. The summed E-state index contributed by atoms with van der Waals surface area (Å²) in [4.78, 5) is 22.4. The zero-order valence-corrected chi connectivity index (χ0v) is 14.4. The number of piperazine rings is 1. The molecule has 1 aromatic heterocycles. The van der Waals surface area contributed by atoms with Crippen LogP contribution in [0.3, 0.4) is 0 Å². The largest absolute Gasteiger partial charge is 0.378 e. The van der Waals surface area contributed by atoms with Crippen LogP contribution >= 0.6 is 0 Å². The first-order valence-corrected chi connectivity index (χ1v) is 8.41. The van der Waals surface area contributed by atoms with Crippen LogP contribution in [-0.2, 0) is 0 Å².